The third-order valence-corrected chi connectivity index (χ3v) is 5.81. The van der Waals surface area contributed by atoms with Gasteiger partial charge in [-0.1, -0.05) is 0 Å². The molecule has 3 nitrogen and oxygen atoms in total. The van der Waals surface area contributed by atoms with Gasteiger partial charge in [0, 0.05) is 30.5 Å². The summed E-state index contributed by atoms with van der Waals surface area (Å²) in [7, 11) is 0. The van der Waals surface area contributed by atoms with Gasteiger partial charge < -0.3 is 15.2 Å². The normalized spacial score (nSPS) is 31.6. The standard InChI is InChI=1S/C13H18INO2S/c14-12-6-9-10(2-1-3-11(9)18-12)15-7-13(16)4-5-17-8-13/h6,10,15-16H,1-5,7-8H2. The van der Waals surface area contributed by atoms with Crippen molar-refractivity contribution in [2.75, 3.05) is 19.8 Å². The fourth-order valence-electron chi connectivity index (χ4n) is 2.78. The Kier molecular flexibility index (Phi) is 3.96. The number of thiophene rings is 1. The second kappa shape index (κ2) is 5.36. The van der Waals surface area contributed by atoms with E-state index in [0.717, 1.165) is 6.42 Å². The highest BCUT2D eigenvalue weighted by molar-refractivity contribution is 14.1. The van der Waals surface area contributed by atoms with Crippen molar-refractivity contribution in [2.45, 2.75) is 37.3 Å². The largest absolute Gasteiger partial charge is 0.386 e. The minimum absolute atomic E-state index is 0.415. The van der Waals surface area contributed by atoms with Crippen LogP contribution in [0.15, 0.2) is 6.07 Å². The first-order valence-electron chi connectivity index (χ1n) is 6.48. The fraction of sp³-hybridized carbons (Fsp3) is 0.692. The second-order valence-electron chi connectivity index (χ2n) is 5.28. The first-order valence-corrected chi connectivity index (χ1v) is 8.37. The van der Waals surface area contributed by atoms with E-state index in [1.165, 1.54) is 32.6 Å². The molecule has 0 saturated carbocycles. The number of halogens is 1. The first-order chi connectivity index (χ1) is 8.66. The lowest BCUT2D eigenvalue weighted by molar-refractivity contribution is 0.0243. The summed E-state index contributed by atoms with van der Waals surface area (Å²) in [4.78, 5) is 1.53. The number of rotatable bonds is 3. The van der Waals surface area contributed by atoms with Gasteiger partial charge in [-0.2, -0.15) is 0 Å². The summed E-state index contributed by atoms with van der Waals surface area (Å²) < 4.78 is 6.65. The third-order valence-electron chi connectivity index (χ3n) is 3.84. The van der Waals surface area contributed by atoms with Crippen LogP contribution in [0.2, 0.25) is 0 Å². The number of nitrogens with one attached hydrogen (secondary N) is 1. The molecule has 0 radical (unpaired) electrons. The lowest BCUT2D eigenvalue weighted by atomic mass is 9.93. The van der Waals surface area contributed by atoms with Crippen molar-refractivity contribution in [3.05, 3.63) is 19.4 Å². The lowest BCUT2D eigenvalue weighted by Crippen LogP contribution is -2.42. The Bertz CT molecular complexity index is 429. The maximum absolute atomic E-state index is 10.3. The SMILES string of the molecule is OC1(CNC2CCCc3sc(I)cc32)CCOC1. The second-order valence-corrected chi connectivity index (χ2v) is 8.31. The van der Waals surface area contributed by atoms with Crippen LogP contribution in [0, 0.1) is 2.88 Å². The average molecular weight is 379 g/mol. The Balaban J connectivity index is 1.67. The molecule has 2 atom stereocenters. The van der Waals surface area contributed by atoms with Crippen molar-refractivity contribution in [3.8, 4) is 0 Å². The zero-order chi connectivity index (χ0) is 12.6. The van der Waals surface area contributed by atoms with E-state index in [4.69, 9.17) is 4.74 Å². The van der Waals surface area contributed by atoms with Crippen LogP contribution in [0.1, 0.15) is 35.7 Å². The van der Waals surface area contributed by atoms with Crippen molar-refractivity contribution >= 4 is 33.9 Å². The topological polar surface area (TPSA) is 41.5 Å². The van der Waals surface area contributed by atoms with Gasteiger partial charge in [-0.15, -0.1) is 11.3 Å². The van der Waals surface area contributed by atoms with Gasteiger partial charge in [-0.25, -0.2) is 0 Å². The Morgan fingerprint density at radius 2 is 2.50 bits per heavy atom. The maximum atomic E-state index is 10.3. The molecule has 100 valence electrons. The molecule has 2 N–H and O–H groups in total. The van der Waals surface area contributed by atoms with Gasteiger partial charge in [0.05, 0.1) is 9.49 Å². The van der Waals surface area contributed by atoms with Crippen molar-refractivity contribution in [2.24, 2.45) is 0 Å². The number of hydrogen-bond acceptors (Lipinski definition) is 4. The van der Waals surface area contributed by atoms with Crippen LogP contribution in [0.3, 0.4) is 0 Å². The molecule has 1 fully saturated rings. The van der Waals surface area contributed by atoms with Crippen LogP contribution in [-0.2, 0) is 11.2 Å². The molecular weight excluding hydrogens is 361 g/mol. The van der Waals surface area contributed by atoms with Crippen LogP contribution in [-0.4, -0.2) is 30.5 Å². The smallest absolute Gasteiger partial charge is 0.103 e. The van der Waals surface area contributed by atoms with Crippen LogP contribution >= 0.6 is 33.9 Å². The molecule has 2 aliphatic rings. The number of aryl methyl sites for hydroxylation is 1. The van der Waals surface area contributed by atoms with E-state index in [-0.39, 0.29) is 0 Å². The molecule has 0 bridgehead atoms. The minimum Gasteiger partial charge on any atom is -0.386 e. The van der Waals surface area contributed by atoms with Gasteiger partial charge in [0.25, 0.3) is 0 Å². The molecule has 5 heteroatoms. The van der Waals surface area contributed by atoms with E-state index >= 15 is 0 Å². The van der Waals surface area contributed by atoms with E-state index in [1.54, 1.807) is 0 Å². The zero-order valence-electron chi connectivity index (χ0n) is 10.2. The van der Waals surface area contributed by atoms with E-state index in [1.807, 2.05) is 11.3 Å². The summed E-state index contributed by atoms with van der Waals surface area (Å²) in [5.41, 5.74) is 0.805. The van der Waals surface area contributed by atoms with Gasteiger partial charge in [-0.05, 0) is 53.5 Å². The number of aliphatic hydroxyl groups is 1. The highest BCUT2D eigenvalue weighted by Crippen LogP contribution is 2.36. The van der Waals surface area contributed by atoms with E-state index in [0.29, 0.717) is 25.8 Å². The number of fused-ring (bicyclic) bond motifs is 1. The maximum Gasteiger partial charge on any atom is 0.103 e. The van der Waals surface area contributed by atoms with Crippen LogP contribution in [0.25, 0.3) is 0 Å². The van der Waals surface area contributed by atoms with Gasteiger partial charge in [-0.3, -0.25) is 0 Å². The molecule has 2 heterocycles. The van der Waals surface area contributed by atoms with Crippen molar-refractivity contribution in [3.63, 3.8) is 0 Å². The summed E-state index contributed by atoms with van der Waals surface area (Å²) in [5.74, 6) is 0. The summed E-state index contributed by atoms with van der Waals surface area (Å²) in [6.45, 7) is 1.80. The number of hydrogen-bond donors (Lipinski definition) is 2. The van der Waals surface area contributed by atoms with Crippen LogP contribution in [0.4, 0.5) is 0 Å². The first kappa shape index (κ1) is 13.3. The highest BCUT2D eigenvalue weighted by Gasteiger charge is 2.33. The van der Waals surface area contributed by atoms with Gasteiger partial charge >= 0.3 is 0 Å². The molecule has 0 aromatic carbocycles. The number of ether oxygens (including phenoxy) is 1. The van der Waals surface area contributed by atoms with E-state index in [2.05, 4.69) is 34.0 Å². The molecule has 1 aromatic rings. The van der Waals surface area contributed by atoms with Crippen molar-refractivity contribution in [1.82, 2.24) is 5.32 Å². The average Bonchev–Trinajstić information content (AvgIpc) is 2.92. The zero-order valence-corrected chi connectivity index (χ0v) is 13.2. The minimum atomic E-state index is -0.652. The Hall–Kier alpha value is 0.310. The van der Waals surface area contributed by atoms with Crippen molar-refractivity contribution < 1.29 is 9.84 Å². The molecule has 2 unspecified atom stereocenters. The molecular formula is C13H18INO2S. The van der Waals surface area contributed by atoms with Gasteiger partial charge in [0.1, 0.15) is 5.60 Å². The predicted molar refractivity (Wildman–Crippen MR) is 81.1 cm³/mol. The molecule has 1 aliphatic heterocycles. The van der Waals surface area contributed by atoms with Gasteiger partial charge in [0.2, 0.25) is 0 Å². The summed E-state index contributed by atoms with van der Waals surface area (Å²) in [5, 5.41) is 13.8. The van der Waals surface area contributed by atoms with Crippen molar-refractivity contribution in [1.29, 1.82) is 0 Å². The quantitative estimate of drug-likeness (QED) is 0.793. The Morgan fingerprint density at radius 3 is 3.28 bits per heavy atom. The molecule has 0 spiro atoms. The third kappa shape index (κ3) is 2.75. The Labute approximate surface area is 125 Å². The lowest BCUT2D eigenvalue weighted by Gasteiger charge is -2.28. The van der Waals surface area contributed by atoms with E-state index < -0.39 is 5.60 Å². The molecule has 18 heavy (non-hydrogen) atoms. The molecule has 1 aromatic heterocycles. The Morgan fingerprint density at radius 1 is 1.61 bits per heavy atom. The van der Waals surface area contributed by atoms with E-state index in [9.17, 15) is 5.11 Å². The van der Waals surface area contributed by atoms with Gasteiger partial charge in [0.15, 0.2) is 0 Å². The molecule has 0 amide bonds. The summed E-state index contributed by atoms with van der Waals surface area (Å²) in [6.07, 6.45) is 4.39. The highest BCUT2D eigenvalue weighted by atomic mass is 127. The van der Waals surface area contributed by atoms with Crippen LogP contribution in [0.5, 0.6) is 0 Å². The predicted octanol–water partition coefficient (Wildman–Crippen LogP) is 2.47. The summed E-state index contributed by atoms with van der Waals surface area (Å²) in [6, 6.07) is 2.71. The summed E-state index contributed by atoms with van der Waals surface area (Å²) >= 11 is 4.31. The molecule has 1 saturated heterocycles. The molecule has 1 aliphatic carbocycles. The van der Waals surface area contributed by atoms with Crippen LogP contribution < -0.4 is 5.32 Å². The fourth-order valence-corrected chi connectivity index (χ4v) is 4.90. The molecule has 3 rings (SSSR count). The monoisotopic (exact) mass is 379 g/mol.